The maximum absolute atomic E-state index is 12.8. The quantitative estimate of drug-likeness (QED) is 0.588. The number of hydrogen-bond donors (Lipinski definition) is 1. The van der Waals surface area contributed by atoms with Crippen LogP contribution in [0.15, 0.2) is 48.0 Å². The molecule has 0 unspecified atom stereocenters. The van der Waals surface area contributed by atoms with Crippen molar-refractivity contribution in [2.75, 3.05) is 12.1 Å². The molecule has 28 heavy (non-hydrogen) atoms. The minimum Gasteiger partial charge on any atom is -0.493 e. The molecule has 3 rings (SSSR count). The Hall–Kier alpha value is -2.99. The molecule has 2 amide bonds. The molecule has 0 aliphatic carbocycles. The van der Waals surface area contributed by atoms with Gasteiger partial charge in [0, 0.05) is 16.7 Å². The van der Waals surface area contributed by atoms with Crippen LogP contribution in [0.1, 0.15) is 25.8 Å². The molecule has 0 saturated carbocycles. The van der Waals surface area contributed by atoms with Crippen molar-refractivity contribution in [3.8, 4) is 11.5 Å². The van der Waals surface area contributed by atoms with Gasteiger partial charge in [-0.25, -0.2) is 5.01 Å². The van der Waals surface area contributed by atoms with Gasteiger partial charge in [-0.15, -0.1) is 0 Å². The average Bonchev–Trinajstić information content (AvgIpc) is 2.98. The average molecular weight is 401 g/mol. The zero-order valence-electron chi connectivity index (χ0n) is 15.9. The number of hydrogen-bond acceptors (Lipinski definition) is 4. The van der Waals surface area contributed by atoms with Crippen molar-refractivity contribution in [2.24, 2.45) is 0 Å². The molecule has 1 aliphatic rings. The fraction of sp³-hybridized carbons (Fsp3) is 0.238. The number of amides is 2. The zero-order valence-corrected chi connectivity index (χ0v) is 16.6. The molecule has 146 valence electrons. The van der Waals surface area contributed by atoms with Crippen LogP contribution in [0.25, 0.3) is 6.08 Å². The van der Waals surface area contributed by atoms with Crippen LogP contribution in [-0.2, 0) is 9.59 Å². The highest BCUT2D eigenvalue weighted by Crippen LogP contribution is 2.37. The smallest absolute Gasteiger partial charge is 0.282 e. The first-order valence-electron chi connectivity index (χ1n) is 8.91. The van der Waals surface area contributed by atoms with Crippen LogP contribution in [0, 0.1) is 0 Å². The van der Waals surface area contributed by atoms with E-state index in [2.05, 4.69) is 5.43 Å². The SMILES string of the molecule is CC[C@@H](C)Oc1c(/C=C2\C(=O)NN(c3ccccc3)C2=O)cc(Cl)cc1OC. The summed E-state index contributed by atoms with van der Waals surface area (Å²) in [5.41, 5.74) is 3.64. The first-order chi connectivity index (χ1) is 13.4. The molecule has 7 heteroatoms. The normalized spacial score (nSPS) is 16.3. The van der Waals surface area contributed by atoms with Gasteiger partial charge in [-0.3, -0.25) is 15.0 Å². The molecule has 2 aromatic carbocycles. The first kappa shape index (κ1) is 19.8. The number of ether oxygens (including phenoxy) is 2. The van der Waals surface area contributed by atoms with Gasteiger partial charge in [0.15, 0.2) is 11.5 Å². The van der Waals surface area contributed by atoms with E-state index in [4.69, 9.17) is 21.1 Å². The number of hydrazine groups is 1. The maximum atomic E-state index is 12.8. The first-order valence-corrected chi connectivity index (χ1v) is 9.28. The minimum atomic E-state index is -0.498. The maximum Gasteiger partial charge on any atom is 0.282 e. The van der Waals surface area contributed by atoms with Crippen LogP contribution in [0.5, 0.6) is 11.5 Å². The van der Waals surface area contributed by atoms with Gasteiger partial charge in [0.25, 0.3) is 11.8 Å². The van der Waals surface area contributed by atoms with Crippen LogP contribution in [0.4, 0.5) is 5.69 Å². The largest absolute Gasteiger partial charge is 0.493 e. The molecule has 1 N–H and O–H groups in total. The second-order valence-corrected chi connectivity index (χ2v) is 6.77. The number of nitrogens with one attached hydrogen (secondary N) is 1. The monoisotopic (exact) mass is 400 g/mol. The number of methoxy groups -OCH3 is 1. The van der Waals surface area contributed by atoms with Crippen molar-refractivity contribution in [1.29, 1.82) is 0 Å². The highest BCUT2D eigenvalue weighted by molar-refractivity contribution is 6.32. The fourth-order valence-electron chi connectivity index (χ4n) is 2.73. The molecule has 0 radical (unpaired) electrons. The van der Waals surface area contributed by atoms with E-state index in [1.165, 1.54) is 18.2 Å². The summed E-state index contributed by atoms with van der Waals surface area (Å²) in [7, 11) is 1.51. The van der Waals surface area contributed by atoms with Gasteiger partial charge in [0.2, 0.25) is 0 Å². The molecule has 0 spiro atoms. The van der Waals surface area contributed by atoms with E-state index in [-0.39, 0.29) is 11.7 Å². The lowest BCUT2D eigenvalue weighted by atomic mass is 10.1. The van der Waals surface area contributed by atoms with E-state index in [9.17, 15) is 9.59 Å². The van der Waals surface area contributed by atoms with Crippen LogP contribution >= 0.6 is 11.6 Å². The molecule has 1 fully saturated rings. The number of carbonyl (C=O) groups is 2. The number of halogens is 1. The summed E-state index contributed by atoms with van der Waals surface area (Å²) in [6.45, 7) is 3.92. The highest BCUT2D eigenvalue weighted by Gasteiger charge is 2.34. The summed E-state index contributed by atoms with van der Waals surface area (Å²) >= 11 is 6.19. The van der Waals surface area contributed by atoms with Gasteiger partial charge >= 0.3 is 0 Å². The van der Waals surface area contributed by atoms with Crippen molar-refractivity contribution in [3.63, 3.8) is 0 Å². The van der Waals surface area contributed by atoms with Crippen molar-refractivity contribution < 1.29 is 19.1 Å². The summed E-state index contributed by atoms with van der Waals surface area (Å²) in [5.74, 6) is -0.0788. The summed E-state index contributed by atoms with van der Waals surface area (Å²) in [6.07, 6.45) is 2.18. The molecule has 1 saturated heterocycles. The summed E-state index contributed by atoms with van der Waals surface area (Å²) in [6, 6.07) is 12.2. The van der Waals surface area contributed by atoms with E-state index in [1.807, 2.05) is 19.9 Å². The molecule has 2 aromatic rings. The minimum absolute atomic E-state index is 0.0119. The van der Waals surface area contributed by atoms with Crippen LogP contribution in [-0.4, -0.2) is 25.0 Å². The summed E-state index contributed by atoms with van der Waals surface area (Å²) in [4.78, 5) is 25.3. The van der Waals surface area contributed by atoms with Gasteiger partial charge in [-0.1, -0.05) is 36.7 Å². The Labute approximate surface area is 168 Å². The predicted molar refractivity (Wildman–Crippen MR) is 108 cm³/mol. The number of rotatable bonds is 6. The molecule has 1 aliphatic heterocycles. The fourth-order valence-corrected chi connectivity index (χ4v) is 2.95. The van der Waals surface area contributed by atoms with E-state index in [0.29, 0.717) is 27.8 Å². The Kier molecular flexibility index (Phi) is 5.90. The van der Waals surface area contributed by atoms with Crippen LogP contribution in [0.3, 0.4) is 0 Å². The summed E-state index contributed by atoms with van der Waals surface area (Å²) < 4.78 is 11.4. The number of carbonyl (C=O) groups excluding carboxylic acids is 2. The lowest BCUT2D eigenvalue weighted by Crippen LogP contribution is -2.35. The number of para-hydroxylation sites is 1. The van der Waals surface area contributed by atoms with E-state index >= 15 is 0 Å². The van der Waals surface area contributed by atoms with Gasteiger partial charge in [0.05, 0.1) is 18.9 Å². The Morgan fingerprint density at radius 3 is 2.57 bits per heavy atom. The topological polar surface area (TPSA) is 67.9 Å². The zero-order chi connectivity index (χ0) is 20.3. The Balaban J connectivity index is 2.04. The van der Waals surface area contributed by atoms with Crippen molar-refractivity contribution in [1.82, 2.24) is 5.43 Å². The number of benzene rings is 2. The van der Waals surface area contributed by atoms with Gasteiger partial charge in [0.1, 0.15) is 5.57 Å². The van der Waals surface area contributed by atoms with E-state index < -0.39 is 11.8 Å². The molecule has 0 bridgehead atoms. The van der Waals surface area contributed by atoms with Crippen molar-refractivity contribution >= 4 is 35.2 Å². The van der Waals surface area contributed by atoms with Gasteiger partial charge < -0.3 is 9.47 Å². The predicted octanol–water partition coefficient (Wildman–Crippen LogP) is 3.99. The molecular formula is C21H21ClN2O4. The van der Waals surface area contributed by atoms with E-state index in [0.717, 1.165) is 6.42 Å². The third-order valence-electron chi connectivity index (χ3n) is 4.37. The molecular weight excluding hydrogens is 380 g/mol. The number of nitrogens with zero attached hydrogens (tertiary/aromatic N) is 1. The highest BCUT2D eigenvalue weighted by atomic mass is 35.5. The second kappa shape index (κ2) is 8.35. The lowest BCUT2D eigenvalue weighted by molar-refractivity contribution is -0.117. The molecule has 1 heterocycles. The van der Waals surface area contributed by atoms with Crippen LogP contribution in [0.2, 0.25) is 5.02 Å². The Morgan fingerprint density at radius 1 is 1.21 bits per heavy atom. The summed E-state index contributed by atoms with van der Waals surface area (Å²) in [5, 5.41) is 1.62. The van der Waals surface area contributed by atoms with Gasteiger partial charge in [-0.2, -0.15) is 0 Å². The number of anilines is 1. The van der Waals surface area contributed by atoms with Crippen LogP contribution < -0.4 is 19.9 Å². The Bertz CT molecular complexity index is 928. The standard InChI is InChI=1S/C21H21ClN2O4/c1-4-13(2)28-19-14(10-15(22)12-18(19)27-3)11-17-20(25)23-24(21(17)26)16-8-6-5-7-9-16/h5-13H,4H2,1-3H3,(H,23,25)/b17-11+/t13-/m1/s1. The molecule has 6 nitrogen and oxygen atoms in total. The second-order valence-electron chi connectivity index (χ2n) is 6.34. The van der Waals surface area contributed by atoms with Gasteiger partial charge in [-0.05, 0) is 37.6 Å². The van der Waals surface area contributed by atoms with Crippen molar-refractivity contribution in [2.45, 2.75) is 26.4 Å². The molecule has 1 atom stereocenters. The lowest BCUT2D eigenvalue weighted by Gasteiger charge is -2.18. The molecule has 0 aromatic heterocycles. The third-order valence-corrected chi connectivity index (χ3v) is 4.59. The Morgan fingerprint density at radius 2 is 1.93 bits per heavy atom. The third kappa shape index (κ3) is 3.97. The van der Waals surface area contributed by atoms with Crippen molar-refractivity contribution in [3.05, 3.63) is 58.6 Å². The van der Waals surface area contributed by atoms with E-state index in [1.54, 1.807) is 36.4 Å².